The van der Waals surface area contributed by atoms with Gasteiger partial charge in [0.25, 0.3) is 0 Å². The second-order valence-electron chi connectivity index (χ2n) is 4.85. The van der Waals surface area contributed by atoms with Crippen LogP contribution in [0.3, 0.4) is 0 Å². The van der Waals surface area contributed by atoms with E-state index < -0.39 is 5.97 Å². The molecule has 0 aliphatic carbocycles. The molecule has 0 fully saturated rings. The van der Waals surface area contributed by atoms with Crippen LogP contribution in [0.15, 0.2) is 53.2 Å². The maximum Gasteiger partial charge on any atom is 0.363 e. The Kier molecular flexibility index (Phi) is 4.01. The molecule has 0 N–H and O–H groups in total. The fourth-order valence-corrected chi connectivity index (χ4v) is 2.40. The highest BCUT2D eigenvalue weighted by Gasteiger charge is 2.26. The molecule has 1 heterocycles. The Morgan fingerprint density at radius 3 is 2.55 bits per heavy atom. The number of hydrogen-bond acceptors (Lipinski definition) is 3. The van der Waals surface area contributed by atoms with Gasteiger partial charge < -0.3 is 4.74 Å². The van der Waals surface area contributed by atoms with Crippen LogP contribution in [0.2, 0.25) is 10.0 Å². The molecule has 2 aromatic carbocycles. The third kappa shape index (κ3) is 2.91. The summed E-state index contributed by atoms with van der Waals surface area (Å²) >= 11 is 12.1. The second kappa shape index (κ2) is 5.95. The number of hydrogen-bond donors (Lipinski definition) is 0. The van der Waals surface area contributed by atoms with Crippen molar-refractivity contribution < 1.29 is 9.53 Å². The molecular weight excluding hydrogens is 321 g/mol. The van der Waals surface area contributed by atoms with E-state index in [2.05, 4.69) is 4.99 Å². The summed E-state index contributed by atoms with van der Waals surface area (Å²) in [5, 5.41) is 0.696. The summed E-state index contributed by atoms with van der Waals surface area (Å²) in [7, 11) is 0. The summed E-state index contributed by atoms with van der Waals surface area (Å²) in [6.07, 6.45) is 1.67. The van der Waals surface area contributed by atoms with Crippen LogP contribution >= 0.6 is 23.2 Å². The molecule has 3 nitrogen and oxygen atoms in total. The lowest BCUT2D eigenvalue weighted by molar-refractivity contribution is -0.129. The van der Waals surface area contributed by atoms with Gasteiger partial charge in [-0.3, -0.25) is 0 Å². The number of aryl methyl sites for hydroxylation is 1. The zero-order chi connectivity index (χ0) is 15.7. The molecule has 0 saturated carbocycles. The van der Waals surface area contributed by atoms with Crippen molar-refractivity contribution in [3.8, 4) is 0 Å². The largest absolute Gasteiger partial charge is 0.402 e. The van der Waals surface area contributed by atoms with Gasteiger partial charge in [0.15, 0.2) is 5.70 Å². The van der Waals surface area contributed by atoms with Crippen molar-refractivity contribution in [2.75, 3.05) is 0 Å². The van der Waals surface area contributed by atoms with Gasteiger partial charge in [0.05, 0.1) is 15.6 Å². The minimum absolute atomic E-state index is 0.163. The predicted octanol–water partition coefficient (Wildman–Crippen LogP) is 4.65. The lowest BCUT2D eigenvalue weighted by atomic mass is 10.1. The van der Waals surface area contributed by atoms with Crippen LogP contribution in [0.25, 0.3) is 6.08 Å². The van der Waals surface area contributed by atoms with Crippen LogP contribution in [-0.4, -0.2) is 11.9 Å². The Morgan fingerprint density at radius 1 is 1.09 bits per heavy atom. The molecule has 1 aliphatic heterocycles. The third-order valence-electron chi connectivity index (χ3n) is 3.18. The monoisotopic (exact) mass is 331 g/mol. The van der Waals surface area contributed by atoms with E-state index in [-0.39, 0.29) is 11.6 Å². The molecule has 0 aromatic heterocycles. The Hall–Kier alpha value is -2.10. The summed E-state index contributed by atoms with van der Waals surface area (Å²) in [4.78, 5) is 16.2. The van der Waals surface area contributed by atoms with Gasteiger partial charge in [0.1, 0.15) is 0 Å². The van der Waals surface area contributed by atoms with E-state index in [1.54, 1.807) is 24.3 Å². The van der Waals surface area contributed by atoms with Gasteiger partial charge in [0, 0.05) is 0 Å². The molecule has 0 unspecified atom stereocenters. The smallest absolute Gasteiger partial charge is 0.363 e. The van der Waals surface area contributed by atoms with Crippen LogP contribution < -0.4 is 0 Å². The molecule has 3 rings (SSSR count). The molecule has 22 heavy (non-hydrogen) atoms. The SMILES string of the molecule is Cc1ccc(/C=C2/N=C(c3cccc(Cl)c3Cl)OC2=O)cc1. The van der Waals surface area contributed by atoms with Crippen molar-refractivity contribution in [2.24, 2.45) is 4.99 Å². The number of aliphatic imine (C=N–C) groups is 1. The molecule has 0 bridgehead atoms. The Balaban J connectivity index is 1.98. The van der Waals surface area contributed by atoms with Crippen molar-refractivity contribution in [1.29, 1.82) is 0 Å². The first-order valence-corrected chi connectivity index (χ1v) is 7.34. The molecule has 1 aliphatic rings. The highest BCUT2D eigenvalue weighted by atomic mass is 35.5. The first-order valence-electron chi connectivity index (χ1n) is 6.58. The number of benzene rings is 2. The number of cyclic esters (lactones) is 1. The highest BCUT2D eigenvalue weighted by Crippen LogP contribution is 2.29. The first kappa shape index (κ1) is 14.8. The molecule has 0 atom stereocenters. The molecular formula is C17H11Cl2NO2. The van der Waals surface area contributed by atoms with E-state index in [0.29, 0.717) is 15.6 Å². The summed E-state index contributed by atoms with van der Waals surface area (Å²) < 4.78 is 5.19. The molecule has 0 spiro atoms. The maximum atomic E-state index is 11.9. The Labute approximate surface area is 137 Å². The van der Waals surface area contributed by atoms with Crippen molar-refractivity contribution in [2.45, 2.75) is 6.92 Å². The van der Waals surface area contributed by atoms with E-state index in [0.717, 1.165) is 11.1 Å². The lowest BCUT2D eigenvalue weighted by Crippen LogP contribution is -2.06. The number of rotatable bonds is 2. The van der Waals surface area contributed by atoms with E-state index in [4.69, 9.17) is 27.9 Å². The maximum absolute atomic E-state index is 11.9. The van der Waals surface area contributed by atoms with Gasteiger partial charge in [-0.1, -0.05) is 59.1 Å². The molecule has 110 valence electrons. The minimum atomic E-state index is -0.508. The minimum Gasteiger partial charge on any atom is -0.402 e. The lowest BCUT2D eigenvalue weighted by Gasteiger charge is -2.03. The van der Waals surface area contributed by atoms with Gasteiger partial charge in [-0.2, -0.15) is 0 Å². The van der Waals surface area contributed by atoms with Gasteiger partial charge in [-0.25, -0.2) is 9.79 Å². The highest BCUT2D eigenvalue weighted by molar-refractivity contribution is 6.44. The quantitative estimate of drug-likeness (QED) is 0.593. The number of halogens is 2. The second-order valence-corrected chi connectivity index (χ2v) is 5.63. The average molecular weight is 332 g/mol. The molecule has 0 saturated heterocycles. The Morgan fingerprint density at radius 2 is 1.82 bits per heavy atom. The van der Waals surface area contributed by atoms with Gasteiger partial charge >= 0.3 is 5.97 Å². The number of ether oxygens (including phenoxy) is 1. The summed E-state index contributed by atoms with van der Waals surface area (Å²) in [5.74, 6) is -0.345. The number of carbonyl (C=O) groups is 1. The fourth-order valence-electron chi connectivity index (χ4n) is 2.01. The zero-order valence-electron chi connectivity index (χ0n) is 11.6. The number of esters is 1. The summed E-state index contributed by atoms with van der Waals surface area (Å²) in [5.41, 5.74) is 2.75. The summed E-state index contributed by atoms with van der Waals surface area (Å²) in [6, 6.07) is 12.8. The average Bonchev–Trinajstić information content (AvgIpc) is 2.85. The van der Waals surface area contributed by atoms with Crippen molar-refractivity contribution in [1.82, 2.24) is 0 Å². The van der Waals surface area contributed by atoms with E-state index in [1.165, 1.54) is 0 Å². The van der Waals surface area contributed by atoms with Gasteiger partial charge in [0.2, 0.25) is 5.90 Å². The molecule has 0 radical (unpaired) electrons. The van der Waals surface area contributed by atoms with Crippen LogP contribution in [0.1, 0.15) is 16.7 Å². The van der Waals surface area contributed by atoms with Crippen LogP contribution in [0, 0.1) is 6.92 Å². The van der Waals surface area contributed by atoms with E-state index >= 15 is 0 Å². The molecule has 2 aromatic rings. The summed E-state index contributed by atoms with van der Waals surface area (Å²) in [6.45, 7) is 2.00. The number of carbonyl (C=O) groups excluding carboxylic acids is 1. The number of nitrogens with zero attached hydrogens (tertiary/aromatic N) is 1. The normalized spacial score (nSPS) is 15.9. The van der Waals surface area contributed by atoms with E-state index in [9.17, 15) is 4.79 Å². The van der Waals surface area contributed by atoms with Crippen LogP contribution in [-0.2, 0) is 9.53 Å². The third-order valence-corrected chi connectivity index (χ3v) is 4.00. The van der Waals surface area contributed by atoms with Crippen molar-refractivity contribution in [3.05, 3.63) is 74.9 Å². The fraction of sp³-hybridized carbons (Fsp3) is 0.0588. The predicted molar refractivity (Wildman–Crippen MR) is 88.2 cm³/mol. The molecule has 0 amide bonds. The van der Waals surface area contributed by atoms with Gasteiger partial charge in [-0.05, 0) is 30.7 Å². The molecule has 5 heteroatoms. The van der Waals surface area contributed by atoms with Crippen LogP contribution in [0.4, 0.5) is 0 Å². The Bertz CT molecular complexity index is 808. The first-order chi connectivity index (χ1) is 10.5. The van der Waals surface area contributed by atoms with Crippen LogP contribution in [0.5, 0.6) is 0 Å². The van der Waals surface area contributed by atoms with E-state index in [1.807, 2.05) is 31.2 Å². The van der Waals surface area contributed by atoms with Crippen molar-refractivity contribution in [3.63, 3.8) is 0 Å². The zero-order valence-corrected chi connectivity index (χ0v) is 13.2. The standard InChI is InChI=1S/C17H11Cl2NO2/c1-10-5-7-11(8-6-10)9-14-17(21)22-16(20-14)12-3-2-4-13(18)15(12)19/h2-9H,1H3/b14-9+. The van der Waals surface area contributed by atoms with Gasteiger partial charge in [-0.15, -0.1) is 0 Å². The topological polar surface area (TPSA) is 38.7 Å². The van der Waals surface area contributed by atoms with Crippen molar-refractivity contribution >= 4 is 41.1 Å².